The lowest BCUT2D eigenvalue weighted by atomic mass is 9.33. The van der Waals surface area contributed by atoms with E-state index in [1.54, 1.807) is 6.07 Å². The summed E-state index contributed by atoms with van der Waals surface area (Å²) >= 11 is 0. The molecule has 7 heteroatoms. The second-order valence-corrected chi connectivity index (χ2v) is 27.7. The molecular weight excluding hydrogens is 1130 g/mol. The Morgan fingerprint density at radius 2 is 0.688 bits per heavy atom. The highest BCUT2D eigenvalue weighted by atomic mass is 15.2. The number of benzene rings is 12. The van der Waals surface area contributed by atoms with Gasteiger partial charge in [-0.15, -0.1) is 0 Å². The van der Waals surface area contributed by atoms with Gasteiger partial charge in [-0.1, -0.05) is 244 Å². The minimum atomic E-state index is -0.797. The van der Waals surface area contributed by atoms with Gasteiger partial charge in [0.1, 0.15) is 23.3 Å². The van der Waals surface area contributed by atoms with Crippen molar-refractivity contribution < 1.29 is 12.3 Å². The van der Waals surface area contributed by atoms with Gasteiger partial charge in [0.15, 0.2) is 0 Å². The summed E-state index contributed by atoms with van der Waals surface area (Å²) in [5.41, 5.74) is 14.5. The molecule has 0 amide bonds. The zero-order valence-corrected chi connectivity index (χ0v) is 53.3. The minimum absolute atomic E-state index is 0.0229. The van der Waals surface area contributed by atoms with Gasteiger partial charge in [-0.3, -0.25) is 0 Å². The van der Waals surface area contributed by atoms with E-state index in [1.807, 2.05) is 147 Å². The van der Waals surface area contributed by atoms with Crippen LogP contribution in [0, 0.1) is 22.7 Å². The molecule has 6 nitrogen and oxygen atoms in total. The first-order valence-electron chi connectivity index (χ1n) is 36.2. The van der Waals surface area contributed by atoms with Crippen molar-refractivity contribution in [1.82, 2.24) is 9.13 Å². The molecule has 2 aromatic heterocycles. The monoisotopic (exact) mass is 1210 g/mol. The van der Waals surface area contributed by atoms with Crippen molar-refractivity contribution in [2.24, 2.45) is 0 Å². The first-order valence-corrected chi connectivity index (χ1v) is 31.7. The number of nitrogens with zero attached hydrogens (tertiary/aromatic N) is 6. The van der Waals surface area contributed by atoms with E-state index in [0.29, 0.717) is 67.7 Å². The van der Waals surface area contributed by atoms with E-state index in [4.69, 9.17) is 4.11 Å². The summed E-state index contributed by atoms with van der Waals surface area (Å²) in [5, 5.41) is 28.5. The molecule has 0 bridgehead atoms. The fourth-order valence-corrected chi connectivity index (χ4v) is 14.3. The molecule has 0 atom stereocenters. The molecule has 2 aliphatic rings. The molecule has 0 saturated carbocycles. The van der Waals surface area contributed by atoms with E-state index in [9.17, 15) is 18.7 Å². The Bertz CT molecular complexity index is 5890. The second-order valence-electron chi connectivity index (χ2n) is 27.7. The molecule has 0 unspecified atom stereocenters. The number of nitriles is 2. The van der Waals surface area contributed by atoms with Crippen LogP contribution in [0.4, 0.5) is 34.1 Å². The lowest BCUT2D eigenvalue weighted by molar-refractivity contribution is 0.569. The highest BCUT2D eigenvalue weighted by Crippen LogP contribution is 2.51. The van der Waals surface area contributed by atoms with Gasteiger partial charge in [0.2, 0.25) is 0 Å². The van der Waals surface area contributed by atoms with Crippen LogP contribution in [0.25, 0.3) is 88.4 Å². The minimum Gasteiger partial charge on any atom is -0.310 e. The predicted octanol–water partition coefficient (Wildman–Crippen LogP) is 20.6. The van der Waals surface area contributed by atoms with E-state index >= 15 is 0 Å². The first-order chi connectivity index (χ1) is 48.7. The summed E-state index contributed by atoms with van der Waals surface area (Å²) in [6, 6.07) is 69.1. The van der Waals surface area contributed by atoms with Crippen LogP contribution in [0.2, 0.25) is 0 Å². The Kier molecular flexibility index (Phi) is 10.9. The number of rotatable bonds is 7. The number of aromatic nitrogens is 2. The quantitative estimate of drug-likeness (QED) is 0.149. The predicted molar refractivity (Wildman–Crippen MR) is 391 cm³/mol. The first kappa shape index (κ1) is 47.8. The highest BCUT2D eigenvalue weighted by Gasteiger charge is 2.45. The van der Waals surface area contributed by atoms with Crippen molar-refractivity contribution in [2.75, 3.05) is 9.80 Å². The van der Waals surface area contributed by atoms with Gasteiger partial charge >= 0.3 is 0 Å². The van der Waals surface area contributed by atoms with E-state index in [1.165, 1.54) is 0 Å². The summed E-state index contributed by atoms with van der Waals surface area (Å²) in [4.78, 5) is 4.13. The smallest absolute Gasteiger partial charge is 0.252 e. The lowest BCUT2D eigenvalue weighted by Gasteiger charge is -2.45. The van der Waals surface area contributed by atoms with E-state index < -0.39 is 42.3 Å². The Balaban J connectivity index is 1.09. The molecule has 0 N–H and O–H groups in total. The molecule has 0 aliphatic carbocycles. The summed E-state index contributed by atoms with van der Waals surface area (Å²) in [6.45, 7) is 18.2. The van der Waals surface area contributed by atoms with Gasteiger partial charge in [0, 0.05) is 44.3 Å². The Labute approximate surface area is 557 Å². The second kappa shape index (κ2) is 21.2. The number of hydrogen-bond acceptors (Lipinski definition) is 4. The van der Waals surface area contributed by atoms with Crippen molar-refractivity contribution in [2.45, 2.75) is 78.6 Å². The summed E-state index contributed by atoms with van der Waals surface area (Å²) in [7, 11) is 0. The maximum Gasteiger partial charge on any atom is 0.252 e. The third kappa shape index (κ3) is 9.12. The molecule has 446 valence electrons. The molecule has 0 saturated heterocycles. The van der Waals surface area contributed by atoms with E-state index in [0.717, 1.165) is 76.8 Å². The average molecular weight is 1210 g/mol. The van der Waals surface area contributed by atoms with E-state index in [-0.39, 0.29) is 57.3 Å². The average Bonchev–Trinajstić information content (AvgIpc) is 0.875. The fourth-order valence-electron chi connectivity index (χ4n) is 14.3. The largest absolute Gasteiger partial charge is 0.310 e. The SMILES string of the molecule is [2H]c1c([2H])c([2H])c(-c2ccc3c(c2)N(c2cccc(-n4c5ccccc5c5ccccc54)c2C#N)c2cc(-c4c([2H])c([2H])c(C(C)(C)C)c([2H])c4[2H])cc4c2B3c2ccc(-c3cc(C(C)(C)C)cc(C(C)(C)C)c3)cc2N4c2cccc(-n3c4ccccc4c4ccccc43)c2C#N)c([2H])c1[2H]. The normalized spacial score (nSPS) is 14.3. The van der Waals surface area contributed by atoms with Crippen molar-refractivity contribution in [1.29, 1.82) is 10.5 Å². The molecule has 14 aromatic rings. The molecule has 0 fully saturated rings. The van der Waals surface area contributed by atoms with Crippen LogP contribution in [0.3, 0.4) is 0 Å². The van der Waals surface area contributed by atoms with E-state index in [2.05, 4.69) is 141 Å². The number of anilines is 6. The molecule has 2 aliphatic heterocycles. The molecule has 0 spiro atoms. The topological polar surface area (TPSA) is 63.9 Å². The van der Waals surface area contributed by atoms with Gasteiger partial charge in [0.05, 0.1) is 57.2 Å². The number of fused-ring (bicyclic) bond motifs is 10. The summed E-state index contributed by atoms with van der Waals surface area (Å²) < 4.78 is 89.7. The Morgan fingerprint density at radius 3 is 1.10 bits per heavy atom. The molecule has 93 heavy (non-hydrogen) atoms. The maximum absolute atomic E-state index is 12.3. The van der Waals surface area contributed by atoms with Crippen LogP contribution in [-0.2, 0) is 16.2 Å². The molecular formula is C86H69BN6. The van der Waals surface area contributed by atoms with Crippen LogP contribution in [0.5, 0.6) is 0 Å². The van der Waals surface area contributed by atoms with Gasteiger partial charge in [-0.2, -0.15) is 10.5 Å². The fraction of sp³-hybridized carbons (Fsp3) is 0.140. The number of hydrogen-bond donors (Lipinski definition) is 0. The molecule has 16 rings (SSSR count). The van der Waals surface area contributed by atoms with Crippen molar-refractivity contribution >= 4 is 101 Å². The Morgan fingerprint density at radius 1 is 0.323 bits per heavy atom. The third-order valence-corrected chi connectivity index (χ3v) is 18.9. The molecule has 4 heterocycles. The van der Waals surface area contributed by atoms with Crippen LogP contribution in [-0.4, -0.2) is 15.8 Å². The summed E-state index contributed by atoms with van der Waals surface area (Å²) in [6.07, 6.45) is 0. The number of para-hydroxylation sites is 4. The zero-order chi connectivity index (χ0) is 71.7. The Hall–Kier alpha value is -11.1. The van der Waals surface area contributed by atoms with Crippen LogP contribution in [0.1, 0.15) is 102 Å². The molecule has 12 aromatic carbocycles. The maximum atomic E-state index is 12.3. The van der Waals surface area contributed by atoms with Crippen LogP contribution < -0.4 is 26.2 Å². The zero-order valence-electron chi connectivity index (χ0n) is 62.3. The van der Waals surface area contributed by atoms with Crippen LogP contribution in [0.15, 0.2) is 255 Å². The standard InChI is InChI=1S/C86H69BN6/c1-84(2,3)60-41-37-55(38-42-60)59-49-81-83-82(50-59)93(78-36-22-34-76(68(78)53-89)91-73-31-19-15-27-65(73)66-28-16-20-32-74(66)91)80-48-57(58-45-61(85(4,5)6)51-62(46-58)86(7,8)9)40-44-70(80)87(83)69-43-39-56(54-23-11-10-12-24-54)47-79(69)92(81)77-35-21-33-75(67(77)52-88)90-71-29-17-13-25-63(71)64-26-14-18-30-72(64)90/h10-51H,1-9H3/i10D,11D,12D,23D,24D,37D,38D,41D,42D. The third-order valence-electron chi connectivity index (χ3n) is 18.9. The van der Waals surface area contributed by atoms with Gasteiger partial charge in [-0.25, -0.2) is 0 Å². The lowest BCUT2D eigenvalue weighted by Crippen LogP contribution is -2.61. The van der Waals surface area contributed by atoms with Crippen molar-refractivity contribution in [3.63, 3.8) is 0 Å². The van der Waals surface area contributed by atoms with Gasteiger partial charge in [0.25, 0.3) is 6.71 Å². The molecule has 0 radical (unpaired) electrons. The van der Waals surface area contributed by atoms with Gasteiger partial charge in [-0.05, 0) is 156 Å². The highest BCUT2D eigenvalue weighted by molar-refractivity contribution is 7.00. The van der Waals surface area contributed by atoms with Crippen molar-refractivity contribution in [3.05, 3.63) is 282 Å². The van der Waals surface area contributed by atoms with Crippen LogP contribution >= 0.6 is 0 Å². The van der Waals surface area contributed by atoms with Crippen molar-refractivity contribution in [3.8, 4) is 56.9 Å². The van der Waals surface area contributed by atoms with Gasteiger partial charge < -0.3 is 18.9 Å². The summed E-state index contributed by atoms with van der Waals surface area (Å²) in [5.74, 6) is 0.